The van der Waals surface area contributed by atoms with Gasteiger partial charge in [-0.15, -0.1) is 6.58 Å². The summed E-state index contributed by atoms with van der Waals surface area (Å²) in [6.07, 6.45) is 2.20. The van der Waals surface area contributed by atoms with Crippen molar-refractivity contribution < 1.29 is 4.39 Å². The Morgan fingerprint density at radius 2 is 1.90 bits per heavy atom. The molecular formula is C17H14FN3. The Hall–Kier alpha value is -2.85. The number of nitrogens with zero attached hydrogens (tertiary/aromatic N) is 3. The number of anilines is 1. The molecule has 2 aromatic carbocycles. The van der Waals surface area contributed by atoms with Crippen molar-refractivity contribution in [1.82, 2.24) is 0 Å². The van der Waals surface area contributed by atoms with Crippen molar-refractivity contribution >= 4 is 16.5 Å². The summed E-state index contributed by atoms with van der Waals surface area (Å²) in [5, 5.41) is 19.7. The Balaban J connectivity index is 3.14. The minimum atomic E-state index is -0.490. The smallest absolute Gasteiger partial charge is 0.132 e. The first-order valence-corrected chi connectivity index (χ1v) is 6.42. The largest absolute Gasteiger partial charge is 0.376 e. The van der Waals surface area contributed by atoms with Crippen LogP contribution < -0.4 is 4.90 Å². The minimum Gasteiger partial charge on any atom is -0.376 e. The number of fused-ring (bicyclic) bond motifs is 1. The summed E-state index contributed by atoms with van der Waals surface area (Å²) >= 11 is 0. The van der Waals surface area contributed by atoms with E-state index in [0.717, 1.165) is 5.56 Å². The van der Waals surface area contributed by atoms with E-state index in [1.165, 1.54) is 6.07 Å². The van der Waals surface area contributed by atoms with Crippen LogP contribution in [0.2, 0.25) is 0 Å². The molecule has 0 spiro atoms. The van der Waals surface area contributed by atoms with Crippen molar-refractivity contribution in [3.8, 4) is 12.1 Å². The molecule has 0 bridgehead atoms. The number of rotatable bonds is 3. The molecule has 0 heterocycles. The first-order chi connectivity index (χ1) is 10.1. The van der Waals surface area contributed by atoms with Crippen LogP contribution in [-0.4, -0.2) is 14.1 Å². The zero-order valence-electron chi connectivity index (χ0n) is 11.9. The molecular weight excluding hydrogens is 265 g/mol. The topological polar surface area (TPSA) is 50.8 Å². The molecule has 21 heavy (non-hydrogen) atoms. The molecule has 0 aromatic heterocycles. The summed E-state index contributed by atoms with van der Waals surface area (Å²) < 4.78 is 14.2. The van der Waals surface area contributed by atoms with Gasteiger partial charge in [-0.2, -0.15) is 10.5 Å². The van der Waals surface area contributed by atoms with E-state index in [-0.39, 0.29) is 16.5 Å². The predicted octanol–water partition coefficient (Wildman–Crippen LogP) is 3.52. The van der Waals surface area contributed by atoms with Crippen molar-refractivity contribution in [3.05, 3.63) is 53.4 Å². The molecule has 0 amide bonds. The quantitative estimate of drug-likeness (QED) is 0.808. The van der Waals surface area contributed by atoms with Crippen LogP contribution in [-0.2, 0) is 6.42 Å². The normalized spacial score (nSPS) is 9.95. The Morgan fingerprint density at radius 3 is 2.43 bits per heavy atom. The Morgan fingerprint density at radius 1 is 1.24 bits per heavy atom. The number of nitriles is 2. The number of hydrogen-bond donors (Lipinski definition) is 0. The molecule has 2 rings (SSSR count). The lowest BCUT2D eigenvalue weighted by Crippen LogP contribution is -2.15. The van der Waals surface area contributed by atoms with Crippen LogP contribution >= 0.6 is 0 Å². The molecule has 4 heteroatoms. The lowest BCUT2D eigenvalue weighted by atomic mass is 9.91. The van der Waals surface area contributed by atoms with E-state index in [1.807, 2.05) is 12.1 Å². The SMILES string of the molecule is C=CCc1c(N(C)C)c(C#N)c(C#N)c2c(F)cccc12. The van der Waals surface area contributed by atoms with E-state index in [2.05, 4.69) is 6.58 Å². The fourth-order valence-corrected chi connectivity index (χ4v) is 2.62. The van der Waals surface area contributed by atoms with E-state index in [0.29, 0.717) is 17.5 Å². The van der Waals surface area contributed by atoms with E-state index < -0.39 is 5.82 Å². The van der Waals surface area contributed by atoms with Crippen molar-refractivity contribution in [2.24, 2.45) is 0 Å². The van der Waals surface area contributed by atoms with Crippen LogP contribution in [0.1, 0.15) is 16.7 Å². The number of halogens is 1. The fraction of sp³-hybridized carbons (Fsp3) is 0.176. The van der Waals surface area contributed by atoms with Gasteiger partial charge in [0, 0.05) is 19.5 Å². The maximum absolute atomic E-state index is 14.2. The van der Waals surface area contributed by atoms with Crippen LogP contribution in [0.5, 0.6) is 0 Å². The van der Waals surface area contributed by atoms with E-state index in [9.17, 15) is 14.9 Å². The van der Waals surface area contributed by atoms with Crippen LogP contribution in [0.3, 0.4) is 0 Å². The summed E-state index contributed by atoms with van der Waals surface area (Å²) in [5.41, 5.74) is 1.74. The molecule has 3 nitrogen and oxygen atoms in total. The van der Waals surface area contributed by atoms with Crippen molar-refractivity contribution in [1.29, 1.82) is 10.5 Å². The average Bonchev–Trinajstić information content (AvgIpc) is 2.46. The fourth-order valence-electron chi connectivity index (χ4n) is 2.62. The van der Waals surface area contributed by atoms with Gasteiger partial charge in [0.05, 0.1) is 16.8 Å². The van der Waals surface area contributed by atoms with Crippen molar-refractivity contribution in [2.45, 2.75) is 6.42 Å². The third-order valence-electron chi connectivity index (χ3n) is 3.38. The van der Waals surface area contributed by atoms with Gasteiger partial charge >= 0.3 is 0 Å². The summed E-state index contributed by atoms with van der Waals surface area (Å²) in [6.45, 7) is 3.72. The van der Waals surface area contributed by atoms with Crippen LogP contribution in [0.25, 0.3) is 10.8 Å². The van der Waals surface area contributed by atoms with Crippen molar-refractivity contribution in [3.63, 3.8) is 0 Å². The third-order valence-corrected chi connectivity index (χ3v) is 3.38. The molecule has 0 saturated carbocycles. The summed E-state index contributed by atoms with van der Waals surface area (Å²) in [7, 11) is 3.60. The second-order valence-electron chi connectivity index (χ2n) is 4.85. The lowest BCUT2D eigenvalue weighted by molar-refractivity contribution is 0.639. The average molecular weight is 279 g/mol. The Labute approximate surface area is 123 Å². The number of allylic oxidation sites excluding steroid dienone is 1. The van der Waals surface area contributed by atoms with Crippen LogP contribution in [0, 0.1) is 28.5 Å². The van der Waals surface area contributed by atoms with Gasteiger partial charge in [0.15, 0.2) is 0 Å². The molecule has 104 valence electrons. The molecule has 2 aromatic rings. The lowest BCUT2D eigenvalue weighted by Gasteiger charge is -2.22. The zero-order chi connectivity index (χ0) is 15.6. The second kappa shape index (κ2) is 5.64. The number of hydrogen-bond acceptors (Lipinski definition) is 3. The summed E-state index contributed by atoms with van der Waals surface area (Å²) in [5.74, 6) is -0.490. The van der Waals surface area contributed by atoms with E-state index in [1.54, 1.807) is 37.2 Å². The van der Waals surface area contributed by atoms with E-state index >= 15 is 0 Å². The monoisotopic (exact) mass is 279 g/mol. The van der Waals surface area contributed by atoms with Crippen LogP contribution in [0.15, 0.2) is 30.9 Å². The van der Waals surface area contributed by atoms with Crippen LogP contribution in [0.4, 0.5) is 10.1 Å². The van der Waals surface area contributed by atoms with Gasteiger partial charge in [0.1, 0.15) is 18.0 Å². The highest BCUT2D eigenvalue weighted by Gasteiger charge is 2.21. The van der Waals surface area contributed by atoms with Gasteiger partial charge in [0.25, 0.3) is 0 Å². The molecule has 0 aliphatic carbocycles. The zero-order valence-corrected chi connectivity index (χ0v) is 11.9. The van der Waals surface area contributed by atoms with Gasteiger partial charge in [-0.3, -0.25) is 0 Å². The molecule has 0 saturated heterocycles. The molecule has 0 aliphatic heterocycles. The highest BCUT2D eigenvalue weighted by Crippen LogP contribution is 2.37. The minimum absolute atomic E-state index is 0.0853. The highest BCUT2D eigenvalue weighted by molar-refractivity contribution is 5.98. The summed E-state index contributed by atoms with van der Waals surface area (Å²) in [4.78, 5) is 1.78. The van der Waals surface area contributed by atoms with Gasteiger partial charge in [-0.1, -0.05) is 18.2 Å². The molecule has 0 fully saturated rings. The first kappa shape index (κ1) is 14.6. The molecule has 0 aliphatic rings. The van der Waals surface area contributed by atoms with Crippen molar-refractivity contribution in [2.75, 3.05) is 19.0 Å². The summed E-state index contributed by atoms with van der Waals surface area (Å²) in [6, 6.07) is 8.71. The Kier molecular flexibility index (Phi) is 3.91. The first-order valence-electron chi connectivity index (χ1n) is 6.42. The maximum Gasteiger partial charge on any atom is 0.132 e. The maximum atomic E-state index is 14.2. The molecule has 0 atom stereocenters. The Bertz CT molecular complexity index is 808. The van der Waals surface area contributed by atoms with Gasteiger partial charge in [-0.25, -0.2) is 4.39 Å². The third kappa shape index (κ3) is 2.22. The van der Waals surface area contributed by atoms with Gasteiger partial charge in [0.2, 0.25) is 0 Å². The highest BCUT2D eigenvalue weighted by atomic mass is 19.1. The molecule has 0 unspecified atom stereocenters. The standard InChI is InChI=1S/C17H14FN3/c1-4-6-12-11-7-5-8-15(18)16(11)13(9-19)14(10-20)17(12)21(2)3/h4-5,7-8H,1,6H2,2-3H3. The van der Waals surface area contributed by atoms with E-state index in [4.69, 9.17) is 0 Å². The second-order valence-corrected chi connectivity index (χ2v) is 4.85. The van der Waals surface area contributed by atoms with Gasteiger partial charge in [-0.05, 0) is 23.4 Å². The molecule has 0 radical (unpaired) electrons. The molecule has 0 N–H and O–H groups in total. The predicted molar refractivity (Wildman–Crippen MR) is 81.6 cm³/mol. The van der Waals surface area contributed by atoms with Gasteiger partial charge < -0.3 is 4.90 Å². The number of benzene rings is 2.